The van der Waals surface area contributed by atoms with Crippen molar-refractivity contribution in [3.05, 3.63) is 22.3 Å². The number of hydrogen-bond acceptors (Lipinski definition) is 7. The minimum absolute atomic E-state index is 0.00913. The summed E-state index contributed by atoms with van der Waals surface area (Å²) in [7, 11) is -3.10. The fraction of sp³-hybridized carbons (Fsp3) is 0.588. The number of aromatic nitrogens is 3. The first-order chi connectivity index (χ1) is 13.8. The molecule has 2 aromatic heterocycles. The molecule has 0 saturated carbocycles. The second kappa shape index (κ2) is 8.58. The number of thioether (sulfide) groups is 1. The molecule has 2 unspecified atom stereocenters. The van der Waals surface area contributed by atoms with Crippen molar-refractivity contribution in [3.8, 4) is 0 Å². The lowest BCUT2D eigenvalue weighted by Crippen LogP contribution is -2.46. The van der Waals surface area contributed by atoms with Crippen LogP contribution in [0.1, 0.15) is 19.3 Å². The Bertz CT molecular complexity index is 1020. The molecular weight excluding hydrogens is 459 g/mol. The van der Waals surface area contributed by atoms with E-state index in [1.165, 1.54) is 11.8 Å². The zero-order chi connectivity index (χ0) is 20.6. The van der Waals surface area contributed by atoms with E-state index in [1.807, 2.05) is 0 Å². The van der Waals surface area contributed by atoms with Crippen LogP contribution in [0, 0.1) is 0 Å². The summed E-state index contributed by atoms with van der Waals surface area (Å²) in [5, 5.41) is 9.44. The molecule has 0 aromatic carbocycles. The van der Waals surface area contributed by atoms with Crippen molar-refractivity contribution in [2.75, 3.05) is 30.4 Å². The molecule has 2 fully saturated rings. The standard InChI is InChI=1S/C17H20Cl2N4O4S2/c18-11-6-14(19)16-20-21-17(23(16)7-11)28-9-15(24)22(8-13-2-1-4-27-13)12-3-5-29(25,26)10-12/h6-7,12-13H,1-5,8-10H2. The van der Waals surface area contributed by atoms with E-state index in [9.17, 15) is 13.2 Å². The molecule has 2 aliphatic rings. The van der Waals surface area contributed by atoms with Crippen LogP contribution in [0.15, 0.2) is 17.4 Å². The molecule has 8 nitrogen and oxygen atoms in total. The van der Waals surface area contributed by atoms with E-state index < -0.39 is 9.84 Å². The van der Waals surface area contributed by atoms with Gasteiger partial charge < -0.3 is 9.64 Å². The summed E-state index contributed by atoms with van der Waals surface area (Å²) in [6.07, 6.45) is 3.90. The van der Waals surface area contributed by atoms with Crippen LogP contribution >= 0.6 is 35.0 Å². The molecule has 2 aromatic rings. The van der Waals surface area contributed by atoms with E-state index in [1.54, 1.807) is 21.6 Å². The third-order valence-electron chi connectivity index (χ3n) is 5.11. The third kappa shape index (κ3) is 4.82. The van der Waals surface area contributed by atoms with E-state index >= 15 is 0 Å². The van der Waals surface area contributed by atoms with E-state index in [0.717, 1.165) is 12.8 Å². The number of nitrogens with zero attached hydrogens (tertiary/aromatic N) is 4. The maximum Gasteiger partial charge on any atom is 0.233 e. The van der Waals surface area contributed by atoms with Crippen LogP contribution in [-0.2, 0) is 19.4 Å². The predicted molar refractivity (Wildman–Crippen MR) is 111 cm³/mol. The van der Waals surface area contributed by atoms with Gasteiger partial charge in [0.25, 0.3) is 0 Å². The van der Waals surface area contributed by atoms with Crippen LogP contribution < -0.4 is 0 Å². The molecule has 0 N–H and O–H groups in total. The number of amides is 1. The van der Waals surface area contributed by atoms with Gasteiger partial charge in [0.15, 0.2) is 20.6 Å². The molecular formula is C17H20Cl2N4O4S2. The van der Waals surface area contributed by atoms with Crippen molar-refractivity contribution in [1.29, 1.82) is 0 Å². The molecule has 0 spiro atoms. The Balaban J connectivity index is 1.49. The normalized spacial score (nSPS) is 23.7. The van der Waals surface area contributed by atoms with Gasteiger partial charge in [0.05, 0.1) is 33.4 Å². The second-order valence-electron chi connectivity index (χ2n) is 7.21. The zero-order valence-corrected chi connectivity index (χ0v) is 18.6. The zero-order valence-electron chi connectivity index (χ0n) is 15.5. The molecule has 158 valence electrons. The van der Waals surface area contributed by atoms with Crippen molar-refractivity contribution in [3.63, 3.8) is 0 Å². The highest BCUT2D eigenvalue weighted by Gasteiger charge is 2.36. The summed E-state index contributed by atoms with van der Waals surface area (Å²) in [6.45, 7) is 1.09. The van der Waals surface area contributed by atoms with Crippen molar-refractivity contribution in [1.82, 2.24) is 19.5 Å². The van der Waals surface area contributed by atoms with E-state index in [2.05, 4.69) is 10.2 Å². The molecule has 4 heterocycles. The minimum atomic E-state index is -3.10. The maximum atomic E-state index is 13.0. The average Bonchev–Trinajstić information content (AvgIpc) is 3.38. The van der Waals surface area contributed by atoms with Gasteiger partial charge in [0, 0.05) is 25.4 Å². The average molecular weight is 479 g/mol. The van der Waals surface area contributed by atoms with Gasteiger partial charge in [-0.1, -0.05) is 35.0 Å². The van der Waals surface area contributed by atoms with Crippen LogP contribution in [-0.4, -0.2) is 76.4 Å². The van der Waals surface area contributed by atoms with Gasteiger partial charge in [-0.05, 0) is 25.3 Å². The number of pyridine rings is 1. The van der Waals surface area contributed by atoms with Gasteiger partial charge >= 0.3 is 0 Å². The lowest BCUT2D eigenvalue weighted by molar-refractivity contribution is -0.131. The Morgan fingerprint density at radius 3 is 2.86 bits per heavy atom. The first kappa shape index (κ1) is 21.2. The fourth-order valence-electron chi connectivity index (χ4n) is 3.69. The number of sulfone groups is 1. The van der Waals surface area contributed by atoms with Crippen molar-refractivity contribution < 1.29 is 17.9 Å². The van der Waals surface area contributed by atoms with Gasteiger partial charge in [0.1, 0.15) is 0 Å². The van der Waals surface area contributed by atoms with E-state index in [0.29, 0.717) is 40.4 Å². The number of carbonyl (C=O) groups excluding carboxylic acids is 1. The Morgan fingerprint density at radius 2 is 2.17 bits per heavy atom. The molecule has 1 amide bonds. The van der Waals surface area contributed by atoms with Crippen LogP contribution in [0.2, 0.25) is 10.0 Å². The molecule has 2 saturated heterocycles. The summed E-state index contributed by atoms with van der Waals surface area (Å²) >= 11 is 13.4. The van der Waals surface area contributed by atoms with Crippen LogP contribution in [0.5, 0.6) is 0 Å². The molecule has 12 heteroatoms. The number of ether oxygens (including phenoxy) is 1. The number of fused-ring (bicyclic) bond motifs is 1. The van der Waals surface area contributed by atoms with Crippen LogP contribution in [0.3, 0.4) is 0 Å². The Morgan fingerprint density at radius 1 is 1.34 bits per heavy atom. The van der Waals surface area contributed by atoms with Crippen molar-refractivity contribution in [2.24, 2.45) is 0 Å². The maximum absolute atomic E-state index is 13.0. The molecule has 29 heavy (non-hydrogen) atoms. The summed E-state index contributed by atoms with van der Waals surface area (Å²) in [4.78, 5) is 14.7. The Kier molecular flexibility index (Phi) is 6.27. The monoisotopic (exact) mass is 478 g/mol. The molecule has 2 aliphatic heterocycles. The Hall–Kier alpha value is -1.07. The van der Waals surface area contributed by atoms with E-state index in [-0.39, 0.29) is 35.3 Å². The van der Waals surface area contributed by atoms with Gasteiger partial charge in [-0.25, -0.2) is 8.42 Å². The lowest BCUT2D eigenvalue weighted by atomic mass is 10.1. The van der Waals surface area contributed by atoms with Gasteiger partial charge in [-0.3, -0.25) is 9.20 Å². The summed E-state index contributed by atoms with van der Waals surface area (Å²) < 4.78 is 31.2. The smallest absolute Gasteiger partial charge is 0.233 e. The van der Waals surface area contributed by atoms with Crippen molar-refractivity contribution >= 4 is 56.4 Å². The lowest BCUT2D eigenvalue weighted by Gasteiger charge is -2.30. The summed E-state index contributed by atoms with van der Waals surface area (Å²) in [5.74, 6) is 0.0902. The highest BCUT2D eigenvalue weighted by Crippen LogP contribution is 2.27. The van der Waals surface area contributed by atoms with Gasteiger partial charge in [-0.15, -0.1) is 10.2 Å². The fourth-order valence-corrected chi connectivity index (χ4v) is 6.73. The molecule has 4 rings (SSSR count). The quantitative estimate of drug-likeness (QED) is 0.587. The Labute approximate surface area is 182 Å². The third-order valence-corrected chi connectivity index (χ3v) is 8.28. The number of hydrogen-bond donors (Lipinski definition) is 0. The highest BCUT2D eigenvalue weighted by atomic mass is 35.5. The molecule has 0 radical (unpaired) electrons. The molecule has 2 atom stereocenters. The first-order valence-corrected chi connectivity index (χ1v) is 12.8. The predicted octanol–water partition coefficient (Wildman–Crippen LogP) is 2.32. The number of rotatable bonds is 6. The van der Waals surface area contributed by atoms with E-state index in [4.69, 9.17) is 27.9 Å². The van der Waals surface area contributed by atoms with Crippen LogP contribution in [0.4, 0.5) is 0 Å². The van der Waals surface area contributed by atoms with Gasteiger partial charge in [-0.2, -0.15) is 0 Å². The summed E-state index contributed by atoms with van der Waals surface area (Å²) in [6, 6.07) is 1.27. The molecule has 0 aliphatic carbocycles. The molecule has 0 bridgehead atoms. The van der Waals surface area contributed by atoms with Crippen molar-refractivity contribution in [2.45, 2.75) is 36.6 Å². The van der Waals surface area contributed by atoms with Gasteiger partial charge in [0.2, 0.25) is 5.91 Å². The van der Waals surface area contributed by atoms with Crippen LogP contribution in [0.25, 0.3) is 5.65 Å². The first-order valence-electron chi connectivity index (χ1n) is 9.26. The number of carbonyl (C=O) groups is 1. The second-order valence-corrected chi connectivity index (χ2v) is 11.2. The largest absolute Gasteiger partial charge is 0.376 e. The number of halogens is 2. The topological polar surface area (TPSA) is 93.9 Å². The SMILES string of the molecule is O=C(CSc1nnc2c(Cl)cc(Cl)cn12)N(CC1CCCO1)C1CCS(=O)(=O)C1. The highest BCUT2D eigenvalue weighted by molar-refractivity contribution is 7.99. The summed E-state index contributed by atoms with van der Waals surface area (Å²) in [5.41, 5.74) is 0.462. The minimum Gasteiger partial charge on any atom is -0.376 e.